The highest BCUT2D eigenvalue weighted by Crippen LogP contribution is 2.21. The van der Waals surface area contributed by atoms with Crippen LogP contribution < -0.4 is 5.32 Å². The maximum Gasteiger partial charge on any atom is 0.308 e. The summed E-state index contributed by atoms with van der Waals surface area (Å²) in [6.45, 7) is 2.96. The molecule has 1 amide bonds. The van der Waals surface area contributed by atoms with Crippen molar-refractivity contribution < 1.29 is 19.4 Å². The molecule has 1 heterocycles. The summed E-state index contributed by atoms with van der Waals surface area (Å²) >= 11 is 0. The van der Waals surface area contributed by atoms with Crippen molar-refractivity contribution in [2.24, 2.45) is 11.8 Å². The fourth-order valence-electron chi connectivity index (χ4n) is 1.71. The van der Waals surface area contributed by atoms with Crippen molar-refractivity contribution in [2.75, 3.05) is 19.8 Å². The van der Waals surface area contributed by atoms with Gasteiger partial charge in [-0.25, -0.2) is 0 Å². The second kappa shape index (κ2) is 5.70. The molecular formula is C10H17NO4. The zero-order chi connectivity index (χ0) is 11.3. The smallest absolute Gasteiger partial charge is 0.308 e. The zero-order valence-electron chi connectivity index (χ0n) is 8.86. The highest BCUT2D eigenvalue weighted by Gasteiger charge is 2.25. The van der Waals surface area contributed by atoms with Gasteiger partial charge in [0.15, 0.2) is 0 Å². The summed E-state index contributed by atoms with van der Waals surface area (Å²) in [7, 11) is 0. The van der Waals surface area contributed by atoms with Crippen LogP contribution in [-0.4, -0.2) is 36.7 Å². The Balaban J connectivity index is 2.35. The lowest BCUT2D eigenvalue weighted by Gasteiger charge is -2.15. The number of hydrogen-bond donors (Lipinski definition) is 2. The lowest BCUT2D eigenvalue weighted by Crippen LogP contribution is -2.32. The average Bonchev–Trinajstić information content (AvgIpc) is 2.63. The number of carboxylic acid groups (broad SMARTS) is 1. The predicted molar refractivity (Wildman–Crippen MR) is 53.4 cm³/mol. The second-order valence-corrected chi connectivity index (χ2v) is 3.94. The Morgan fingerprint density at radius 2 is 2.33 bits per heavy atom. The topological polar surface area (TPSA) is 75.6 Å². The Bertz CT molecular complexity index is 236. The molecular weight excluding hydrogens is 198 g/mol. The Hall–Kier alpha value is -1.10. The first-order valence-electron chi connectivity index (χ1n) is 5.14. The van der Waals surface area contributed by atoms with Crippen molar-refractivity contribution in [3.8, 4) is 0 Å². The molecule has 0 radical (unpaired) electrons. The van der Waals surface area contributed by atoms with Crippen LogP contribution in [0.2, 0.25) is 0 Å². The van der Waals surface area contributed by atoms with Crippen LogP contribution in [0.4, 0.5) is 0 Å². The lowest BCUT2D eigenvalue weighted by molar-refractivity contribution is -0.142. The van der Waals surface area contributed by atoms with Crippen molar-refractivity contribution in [1.82, 2.24) is 5.32 Å². The molecule has 2 unspecified atom stereocenters. The SMILES string of the molecule is CC(=O)NCC(CC1CCOC1)C(=O)O. The van der Waals surface area contributed by atoms with Crippen molar-refractivity contribution in [1.29, 1.82) is 0 Å². The Kier molecular flexibility index (Phi) is 4.55. The van der Waals surface area contributed by atoms with Crippen molar-refractivity contribution >= 4 is 11.9 Å². The van der Waals surface area contributed by atoms with Gasteiger partial charge in [0.1, 0.15) is 0 Å². The van der Waals surface area contributed by atoms with Gasteiger partial charge in [-0.15, -0.1) is 0 Å². The van der Waals surface area contributed by atoms with Crippen LogP contribution in [-0.2, 0) is 14.3 Å². The van der Waals surface area contributed by atoms with Gasteiger partial charge in [0.25, 0.3) is 0 Å². The third-order valence-electron chi connectivity index (χ3n) is 2.59. The number of aliphatic carboxylic acids is 1. The van der Waals surface area contributed by atoms with E-state index in [1.807, 2.05) is 0 Å². The molecule has 1 aliphatic rings. The third kappa shape index (κ3) is 4.29. The first-order chi connectivity index (χ1) is 7.09. The minimum Gasteiger partial charge on any atom is -0.481 e. The van der Waals surface area contributed by atoms with Gasteiger partial charge >= 0.3 is 5.97 Å². The maximum atomic E-state index is 10.9. The van der Waals surface area contributed by atoms with E-state index in [1.54, 1.807) is 0 Å². The monoisotopic (exact) mass is 215 g/mol. The molecule has 0 saturated carbocycles. The number of nitrogens with one attached hydrogen (secondary N) is 1. The van der Waals surface area contributed by atoms with Crippen LogP contribution in [0.1, 0.15) is 19.8 Å². The fourth-order valence-corrected chi connectivity index (χ4v) is 1.71. The van der Waals surface area contributed by atoms with Crippen LogP contribution in [0.5, 0.6) is 0 Å². The third-order valence-corrected chi connectivity index (χ3v) is 2.59. The van der Waals surface area contributed by atoms with E-state index in [-0.39, 0.29) is 12.5 Å². The van der Waals surface area contributed by atoms with Crippen molar-refractivity contribution in [3.63, 3.8) is 0 Å². The van der Waals surface area contributed by atoms with Crippen LogP contribution >= 0.6 is 0 Å². The normalized spacial score (nSPS) is 22.3. The number of carbonyl (C=O) groups excluding carboxylic acids is 1. The van der Waals surface area contributed by atoms with Crippen molar-refractivity contribution in [2.45, 2.75) is 19.8 Å². The van der Waals surface area contributed by atoms with Crippen LogP contribution in [0.3, 0.4) is 0 Å². The molecule has 1 rings (SSSR count). The number of ether oxygens (including phenoxy) is 1. The second-order valence-electron chi connectivity index (χ2n) is 3.94. The predicted octanol–water partition coefficient (Wildman–Crippen LogP) is 0.250. The van der Waals surface area contributed by atoms with Gasteiger partial charge in [-0.2, -0.15) is 0 Å². The molecule has 2 atom stereocenters. The molecule has 15 heavy (non-hydrogen) atoms. The maximum absolute atomic E-state index is 10.9. The molecule has 0 aromatic rings. The van der Waals surface area contributed by atoms with E-state index in [4.69, 9.17) is 9.84 Å². The standard InChI is InChI=1S/C10H17NO4/c1-7(12)11-5-9(10(13)14)4-8-2-3-15-6-8/h8-9H,2-6H2,1H3,(H,11,12)(H,13,14). The minimum atomic E-state index is -0.851. The molecule has 0 bridgehead atoms. The molecule has 1 fully saturated rings. The van der Waals surface area contributed by atoms with E-state index >= 15 is 0 Å². The summed E-state index contributed by atoms with van der Waals surface area (Å²) in [5.41, 5.74) is 0. The molecule has 0 aliphatic carbocycles. The van der Waals surface area contributed by atoms with Gasteiger partial charge in [-0.3, -0.25) is 9.59 Å². The summed E-state index contributed by atoms with van der Waals surface area (Å²) in [6.07, 6.45) is 1.50. The largest absolute Gasteiger partial charge is 0.481 e. The summed E-state index contributed by atoms with van der Waals surface area (Å²) in [6, 6.07) is 0. The van der Waals surface area contributed by atoms with E-state index in [2.05, 4.69) is 5.32 Å². The Morgan fingerprint density at radius 1 is 1.60 bits per heavy atom. The van der Waals surface area contributed by atoms with Gasteiger partial charge in [-0.1, -0.05) is 0 Å². The Morgan fingerprint density at radius 3 is 2.80 bits per heavy atom. The summed E-state index contributed by atoms with van der Waals surface area (Å²) in [5.74, 6) is -1.22. The zero-order valence-corrected chi connectivity index (χ0v) is 8.86. The average molecular weight is 215 g/mol. The van der Waals surface area contributed by atoms with Crippen LogP contribution in [0.25, 0.3) is 0 Å². The fraction of sp³-hybridized carbons (Fsp3) is 0.800. The Labute approximate surface area is 88.8 Å². The number of carbonyl (C=O) groups is 2. The van der Waals surface area contributed by atoms with Gasteiger partial charge in [0.05, 0.1) is 5.92 Å². The summed E-state index contributed by atoms with van der Waals surface area (Å²) < 4.78 is 5.18. The van der Waals surface area contributed by atoms with Gasteiger partial charge in [-0.05, 0) is 18.8 Å². The van der Waals surface area contributed by atoms with E-state index < -0.39 is 11.9 Å². The van der Waals surface area contributed by atoms with Gasteiger partial charge in [0.2, 0.25) is 5.91 Å². The highest BCUT2D eigenvalue weighted by molar-refractivity contribution is 5.75. The van der Waals surface area contributed by atoms with Gasteiger partial charge < -0.3 is 15.2 Å². The number of amides is 1. The molecule has 86 valence electrons. The minimum absolute atomic E-state index is 0.191. The van der Waals surface area contributed by atoms with E-state index in [9.17, 15) is 9.59 Å². The molecule has 2 N–H and O–H groups in total. The molecule has 5 heteroatoms. The lowest BCUT2D eigenvalue weighted by atomic mass is 9.94. The number of rotatable bonds is 5. The first kappa shape index (κ1) is 12.0. The molecule has 0 spiro atoms. The van der Waals surface area contributed by atoms with Crippen LogP contribution in [0, 0.1) is 11.8 Å². The van der Waals surface area contributed by atoms with E-state index in [0.717, 1.165) is 13.0 Å². The molecule has 0 aromatic carbocycles. The molecule has 1 saturated heterocycles. The first-order valence-corrected chi connectivity index (χ1v) is 5.14. The van der Waals surface area contributed by atoms with Gasteiger partial charge in [0, 0.05) is 26.7 Å². The van der Waals surface area contributed by atoms with Crippen molar-refractivity contribution in [3.05, 3.63) is 0 Å². The summed E-state index contributed by atoms with van der Waals surface area (Å²) in [4.78, 5) is 21.6. The number of hydrogen-bond acceptors (Lipinski definition) is 3. The highest BCUT2D eigenvalue weighted by atomic mass is 16.5. The number of carboxylic acids is 1. The van der Waals surface area contributed by atoms with Crippen LogP contribution in [0.15, 0.2) is 0 Å². The molecule has 5 nitrogen and oxygen atoms in total. The van der Waals surface area contributed by atoms with E-state index in [0.29, 0.717) is 18.9 Å². The molecule has 0 aromatic heterocycles. The van der Waals surface area contributed by atoms with E-state index in [1.165, 1.54) is 6.92 Å². The quantitative estimate of drug-likeness (QED) is 0.689. The molecule has 1 aliphatic heterocycles. The summed E-state index contributed by atoms with van der Waals surface area (Å²) in [5, 5.41) is 11.5.